The minimum absolute atomic E-state index is 1.12. The molecule has 0 aliphatic rings. The second-order valence-corrected chi connectivity index (χ2v) is 12.0. The Morgan fingerprint density at radius 3 is 1.21 bits per heavy atom. The molecular weight excluding hydrogens is 569 g/mol. The van der Waals surface area contributed by atoms with Gasteiger partial charge in [0.15, 0.2) is 0 Å². The first-order valence-corrected chi connectivity index (χ1v) is 16.1. The number of benzene rings is 8. The molecule has 0 aliphatic heterocycles. The summed E-state index contributed by atoms with van der Waals surface area (Å²) in [5.74, 6) is 0. The van der Waals surface area contributed by atoms with Crippen molar-refractivity contribution in [2.45, 2.75) is 0 Å². The lowest BCUT2D eigenvalue weighted by atomic mass is 10.0. The van der Waals surface area contributed by atoms with E-state index in [4.69, 9.17) is 0 Å². The molecule has 0 radical (unpaired) electrons. The van der Waals surface area contributed by atoms with Crippen LogP contribution in [0.1, 0.15) is 0 Å². The molecule has 0 N–H and O–H groups in total. The first-order valence-electron chi connectivity index (χ1n) is 16.1. The minimum atomic E-state index is 1.12. The van der Waals surface area contributed by atoms with Crippen molar-refractivity contribution >= 4 is 50.0 Å². The van der Waals surface area contributed by atoms with E-state index >= 15 is 0 Å². The molecule has 8 rings (SSSR count). The van der Waals surface area contributed by atoms with Gasteiger partial charge in [-0.05, 0) is 117 Å². The summed E-state index contributed by atoms with van der Waals surface area (Å²) in [6.07, 6.45) is 0. The third kappa shape index (κ3) is 5.74. The van der Waals surface area contributed by atoms with Crippen LogP contribution >= 0.6 is 0 Å². The molecule has 0 heterocycles. The van der Waals surface area contributed by atoms with Gasteiger partial charge in [0, 0.05) is 35.5 Å². The lowest BCUT2D eigenvalue weighted by Gasteiger charge is -2.26. The molecule has 2 heteroatoms. The monoisotopic (exact) mass is 602 g/mol. The van der Waals surface area contributed by atoms with Crippen molar-refractivity contribution in [2.75, 3.05) is 16.8 Å². The van der Waals surface area contributed by atoms with Gasteiger partial charge >= 0.3 is 0 Å². The summed E-state index contributed by atoms with van der Waals surface area (Å²) in [4.78, 5) is 4.56. The predicted octanol–water partition coefficient (Wildman–Crippen LogP) is 12.6. The molecule has 0 unspecified atom stereocenters. The van der Waals surface area contributed by atoms with Crippen LogP contribution in [0.4, 0.5) is 28.4 Å². The van der Waals surface area contributed by atoms with Gasteiger partial charge in [-0.1, -0.05) is 115 Å². The Balaban J connectivity index is 1.04. The highest BCUT2D eigenvalue weighted by Crippen LogP contribution is 2.37. The van der Waals surface area contributed by atoms with Gasteiger partial charge in [-0.2, -0.15) is 0 Å². The second-order valence-electron chi connectivity index (χ2n) is 12.0. The lowest BCUT2D eigenvalue weighted by Crippen LogP contribution is -2.09. The van der Waals surface area contributed by atoms with E-state index in [0.717, 1.165) is 22.7 Å². The zero-order valence-electron chi connectivity index (χ0n) is 26.3. The predicted molar refractivity (Wildman–Crippen MR) is 202 cm³/mol. The van der Waals surface area contributed by atoms with Crippen LogP contribution < -0.4 is 9.80 Å². The van der Waals surface area contributed by atoms with Gasteiger partial charge in [0.25, 0.3) is 0 Å². The first kappa shape index (κ1) is 28.4. The number of nitrogens with zero attached hydrogens (tertiary/aromatic N) is 2. The molecule has 0 aromatic heterocycles. The molecule has 0 saturated heterocycles. The zero-order valence-corrected chi connectivity index (χ0v) is 26.3. The van der Waals surface area contributed by atoms with Crippen molar-refractivity contribution in [1.82, 2.24) is 0 Å². The molecule has 0 aliphatic carbocycles. The number of para-hydroxylation sites is 1. The summed E-state index contributed by atoms with van der Waals surface area (Å²) in [6.45, 7) is 0. The summed E-state index contributed by atoms with van der Waals surface area (Å²) < 4.78 is 0. The summed E-state index contributed by atoms with van der Waals surface area (Å²) in [5, 5.41) is 5.05. The highest BCUT2D eigenvalue weighted by molar-refractivity contribution is 5.99. The minimum Gasteiger partial charge on any atom is -0.345 e. The summed E-state index contributed by atoms with van der Waals surface area (Å²) in [7, 11) is 2.14. The maximum atomic E-state index is 2.31. The topological polar surface area (TPSA) is 6.48 Å². The smallest absolute Gasteiger partial charge is 0.0462 e. The van der Waals surface area contributed by atoms with Crippen molar-refractivity contribution in [1.29, 1.82) is 0 Å². The van der Waals surface area contributed by atoms with Crippen molar-refractivity contribution in [3.05, 3.63) is 188 Å². The number of anilines is 5. The van der Waals surface area contributed by atoms with Gasteiger partial charge in [0.2, 0.25) is 0 Å². The zero-order chi connectivity index (χ0) is 31.6. The fourth-order valence-corrected chi connectivity index (χ4v) is 6.42. The number of rotatable bonds is 7. The van der Waals surface area contributed by atoms with Gasteiger partial charge in [-0.3, -0.25) is 0 Å². The third-order valence-corrected chi connectivity index (χ3v) is 9.04. The van der Waals surface area contributed by atoms with Crippen LogP contribution in [0.3, 0.4) is 0 Å². The van der Waals surface area contributed by atoms with Gasteiger partial charge < -0.3 is 9.80 Å². The Morgan fingerprint density at radius 1 is 0.277 bits per heavy atom. The summed E-state index contributed by atoms with van der Waals surface area (Å²) in [6, 6.07) is 67.4. The Bertz CT molecular complexity index is 2270. The molecular formula is C45H34N2. The largest absolute Gasteiger partial charge is 0.345 e. The normalized spacial score (nSPS) is 11.1. The molecule has 224 valence electrons. The molecule has 8 aromatic rings. The highest BCUT2D eigenvalue weighted by Gasteiger charge is 2.13. The van der Waals surface area contributed by atoms with E-state index in [1.807, 2.05) is 0 Å². The Labute approximate surface area is 276 Å². The molecule has 0 atom stereocenters. The molecule has 0 saturated carbocycles. The Morgan fingerprint density at radius 2 is 0.660 bits per heavy atom. The van der Waals surface area contributed by atoms with Crippen molar-refractivity contribution in [3.63, 3.8) is 0 Å². The van der Waals surface area contributed by atoms with E-state index in [-0.39, 0.29) is 0 Å². The fourth-order valence-electron chi connectivity index (χ4n) is 6.42. The number of hydrogen-bond donors (Lipinski definition) is 0. The second kappa shape index (κ2) is 12.3. The SMILES string of the molecule is CN(c1ccc(-c2ccc(N(c3ccccc3)c3ccc(-c4ccccc4)cc3)cc2)cc1)c1ccc2cc3ccccc3cc2c1. The van der Waals surface area contributed by atoms with Crippen LogP contribution in [0.15, 0.2) is 188 Å². The maximum absolute atomic E-state index is 2.31. The quantitative estimate of drug-likeness (QED) is 0.167. The van der Waals surface area contributed by atoms with Crippen LogP contribution in [-0.2, 0) is 0 Å². The van der Waals surface area contributed by atoms with Gasteiger partial charge in [0.1, 0.15) is 0 Å². The lowest BCUT2D eigenvalue weighted by molar-refractivity contribution is 1.21. The van der Waals surface area contributed by atoms with Crippen molar-refractivity contribution < 1.29 is 0 Å². The highest BCUT2D eigenvalue weighted by atomic mass is 15.1. The first-order chi connectivity index (χ1) is 23.2. The molecule has 8 aromatic carbocycles. The van der Waals surface area contributed by atoms with E-state index in [9.17, 15) is 0 Å². The maximum Gasteiger partial charge on any atom is 0.0462 e. The van der Waals surface area contributed by atoms with Crippen LogP contribution in [0.5, 0.6) is 0 Å². The van der Waals surface area contributed by atoms with Crippen LogP contribution in [0.25, 0.3) is 43.8 Å². The van der Waals surface area contributed by atoms with E-state index in [0.29, 0.717) is 0 Å². The molecule has 0 bridgehead atoms. The fraction of sp³-hybridized carbons (Fsp3) is 0.0222. The standard InChI is InChI=1S/C45H34N2/c1-46(45-29-22-39-30-37-12-8-9-13-38(37)31-40(39)32-45)41-23-16-35(17-24-41)36-20-27-44(28-21-36)47(42-14-6-3-7-15-42)43-25-18-34(19-26-43)33-10-4-2-5-11-33/h2-32H,1H3. The van der Waals surface area contributed by atoms with E-state index in [1.54, 1.807) is 0 Å². The molecule has 0 amide bonds. The van der Waals surface area contributed by atoms with Gasteiger partial charge in [0.05, 0.1) is 0 Å². The van der Waals surface area contributed by atoms with Crippen LogP contribution in [0.2, 0.25) is 0 Å². The van der Waals surface area contributed by atoms with Gasteiger partial charge in [-0.15, -0.1) is 0 Å². The van der Waals surface area contributed by atoms with E-state index < -0.39 is 0 Å². The molecule has 2 nitrogen and oxygen atoms in total. The molecule has 0 spiro atoms. The average molecular weight is 603 g/mol. The molecule has 0 fully saturated rings. The van der Waals surface area contributed by atoms with Crippen LogP contribution in [-0.4, -0.2) is 7.05 Å². The van der Waals surface area contributed by atoms with Gasteiger partial charge in [-0.25, -0.2) is 0 Å². The third-order valence-electron chi connectivity index (χ3n) is 9.04. The van der Waals surface area contributed by atoms with Crippen LogP contribution in [0, 0.1) is 0 Å². The van der Waals surface area contributed by atoms with E-state index in [1.165, 1.54) is 49.5 Å². The number of hydrogen-bond acceptors (Lipinski definition) is 2. The molecule has 47 heavy (non-hydrogen) atoms. The van der Waals surface area contributed by atoms with E-state index in [2.05, 4.69) is 205 Å². The Hall–Kier alpha value is -6.12. The average Bonchev–Trinajstić information content (AvgIpc) is 3.15. The summed E-state index contributed by atoms with van der Waals surface area (Å²) >= 11 is 0. The van der Waals surface area contributed by atoms with Crippen molar-refractivity contribution in [3.8, 4) is 22.3 Å². The summed E-state index contributed by atoms with van der Waals surface area (Å²) in [5.41, 5.74) is 10.5. The Kier molecular flexibility index (Phi) is 7.45. The van der Waals surface area contributed by atoms with Crippen molar-refractivity contribution in [2.24, 2.45) is 0 Å². The number of fused-ring (bicyclic) bond motifs is 2.